The minimum Gasteiger partial charge on any atom is -0.309 e. The van der Waals surface area contributed by atoms with Crippen LogP contribution in [0.5, 0.6) is 0 Å². The lowest BCUT2D eigenvalue weighted by atomic mass is 9.86. The molecule has 0 radical (unpaired) electrons. The zero-order chi connectivity index (χ0) is 11.7. The van der Waals surface area contributed by atoms with Crippen molar-refractivity contribution in [3.8, 4) is 0 Å². The Morgan fingerprint density at radius 3 is 2.27 bits per heavy atom. The van der Waals surface area contributed by atoms with Crippen molar-refractivity contribution in [1.29, 1.82) is 5.41 Å². The molecule has 0 spiro atoms. The Kier molecular flexibility index (Phi) is 8.74. The first kappa shape index (κ1) is 14.7. The van der Waals surface area contributed by atoms with Crippen molar-refractivity contribution >= 4 is 5.71 Å². The minimum atomic E-state index is 0.506. The summed E-state index contributed by atoms with van der Waals surface area (Å²) in [6.07, 6.45) is 8.64. The number of unbranched alkanes of at least 4 members (excludes halogenated alkanes) is 1. The van der Waals surface area contributed by atoms with E-state index in [1.54, 1.807) is 0 Å². The van der Waals surface area contributed by atoms with E-state index in [1.807, 2.05) is 0 Å². The summed E-state index contributed by atoms with van der Waals surface area (Å²) in [5, 5.41) is 7.94. The van der Waals surface area contributed by atoms with Crippen LogP contribution >= 0.6 is 0 Å². The van der Waals surface area contributed by atoms with E-state index in [9.17, 15) is 0 Å². The fourth-order valence-corrected chi connectivity index (χ4v) is 2.14. The second-order valence-corrected chi connectivity index (χ2v) is 4.83. The van der Waals surface area contributed by atoms with Gasteiger partial charge in [-0.3, -0.25) is 0 Å². The van der Waals surface area contributed by atoms with Crippen molar-refractivity contribution in [2.24, 2.45) is 11.8 Å². The molecule has 0 fully saturated rings. The Balaban J connectivity index is 3.88. The minimum absolute atomic E-state index is 0.506. The van der Waals surface area contributed by atoms with Gasteiger partial charge < -0.3 is 5.41 Å². The van der Waals surface area contributed by atoms with Crippen LogP contribution in [0, 0.1) is 17.2 Å². The van der Waals surface area contributed by atoms with Crippen LogP contribution in [0.25, 0.3) is 0 Å². The number of rotatable bonds is 9. The maximum Gasteiger partial charge on any atom is 0.0117 e. The van der Waals surface area contributed by atoms with Crippen molar-refractivity contribution < 1.29 is 0 Å². The highest BCUT2D eigenvalue weighted by Gasteiger charge is 2.14. The van der Waals surface area contributed by atoms with Gasteiger partial charge in [-0.2, -0.15) is 0 Å². The highest BCUT2D eigenvalue weighted by Crippen LogP contribution is 2.22. The third-order valence-electron chi connectivity index (χ3n) is 3.34. The molecule has 0 aliphatic rings. The lowest BCUT2D eigenvalue weighted by Gasteiger charge is -2.20. The van der Waals surface area contributed by atoms with Crippen LogP contribution < -0.4 is 0 Å². The van der Waals surface area contributed by atoms with E-state index in [1.165, 1.54) is 32.1 Å². The molecule has 1 heteroatoms. The average molecular weight is 211 g/mol. The first-order valence-electron chi connectivity index (χ1n) is 6.72. The van der Waals surface area contributed by atoms with Crippen molar-refractivity contribution in [3.05, 3.63) is 0 Å². The van der Waals surface area contributed by atoms with Crippen molar-refractivity contribution in [3.63, 3.8) is 0 Å². The first-order chi connectivity index (χ1) is 7.15. The molecule has 0 bridgehead atoms. The van der Waals surface area contributed by atoms with Crippen LogP contribution in [0.2, 0.25) is 0 Å². The number of hydrogen-bond acceptors (Lipinski definition) is 1. The average Bonchev–Trinajstić information content (AvgIpc) is 2.24. The van der Waals surface area contributed by atoms with Crippen molar-refractivity contribution in [2.75, 3.05) is 0 Å². The Hall–Kier alpha value is -0.330. The van der Waals surface area contributed by atoms with Crippen LogP contribution in [-0.4, -0.2) is 5.71 Å². The summed E-state index contributed by atoms with van der Waals surface area (Å²) in [5.74, 6) is 1.35. The van der Waals surface area contributed by atoms with Gasteiger partial charge in [-0.1, -0.05) is 59.8 Å². The van der Waals surface area contributed by atoms with Gasteiger partial charge in [0.05, 0.1) is 0 Å². The maximum atomic E-state index is 7.94. The van der Waals surface area contributed by atoms with Gasteiger partial charge in [0.25, 0.3) is 0 Å². The summed E-state index contributed by atoms with van der Waals surface area (Å²) in [6.45, 7) is 8.94. The second kappa shape index (κ2) is 8.94. The zero-order valence-electron chi connectivity index (χ0n) is 11.1. The van der Waals surface area contributed by atoms with Crippen LogP contribution in [0.3, 0.4) is 0 Å². The lowest BCUT2D eigenvalue weighted by molar-refractivity contribution is 0.390. The summed E-state index contributed by atoms with van der Waals surface area (Å²) in [4.78, 5) is 0. The van der Waals surface area contributed by atoms with E-state index in [-0.39, 0.29) is 0 Å². The van der Waals surface area contributed by atoms with E-state index in [2.05, 4.69) is 27.7 Å². The molecule has 2 unspecified atom stereocenters. The summed E-state index contributed by atoms with van der Waals surface area (Å²) >= 11 is 0. The summed E-state index contributed by atoms with van der Waals surface area (Å²) in [6, 6.07) is 0. The predicted octanol–water partition coefficient (Wildman–Crippen LogP) is 5.05. The van der Waals surface area contributed by atoms with E-state index in [0.29, 0.717) is 5.92 Å². The van der Waals surface area contributed by atoms with Crippen LogP contribution in [0.15, 0.2) is 0 Å². The molecule has 0 saturated heterocycles. The van der Waals surface area contributed by atoms with Gasteiger partial charge in [0.1, 0.15) is 0 Å². The summed E-state index contributed by atoms with van der Waals surface area (Å²) < 4.78 is 0. The van der Waals surface area contributed by atoms with E-state index in [4.69, 9.17) is 5.41 Å². The predicted molar refractivity (Wildman–Crippen MR) is 69.7 cm³/mol. The fraction of sp³-hybridized carbons (Fsp3) is 0.929. The molecule has 0 aromatic carbocycles. The Labute approximate surface area is 96.2 Å². The van der Waals surface area contributed by atoms with Gasteiger partial charge in [0, 0.05) is 5.71 Å². The van der Waals surface area contributed by atoms with Crippen LogP contribution in [0.1, 0.15) is 72.6 Å². The van der Waals surface area contributed by atoms with Crippen molar-refractivity contribution in [2.45, 2.75) is 72.6 Å². The third-order valence-corrected chi connectivity index (χ3v) is 3.34. The molecule has 0 saturated carbocycles. The Morgan fingerprint density at radius 1 is 1.13 bits per heavy atom. The van der Waals surface area contributed by atoms with Gasteiger partial charge in [-0.15, -0.1) is 0 Å². The molecule has 0 amide bonds. The van der Waals surface area contributed by atoms with Crippen molar-refractivity contribution in [1.82, 2.24) is 0 Å². The third kappa shape index (κ3) is 6.70. The monoisotopic (exact) mass is 211 g/mol. The van der Waals surface area contributed by atoms with Gasteiger partial charge in [-0.25, -0.2) is 0 Å². The lowest BCUT2D eigenvalue weighted by Crippen LogP contribution is -2.14. The Morgan fingerprint density at radius 2 is 1.80 bits per heavy atom. The molecular weight excluding hydrogens is 182 g/mol. The molecule has 0 heterocycles. The smallest absolute Gasteiger partial charge is 0.0117 e. The summed E-state index contributed by atoms with van der Waals surface area (Å²) in [5.41, 5.74) is 0.965. The highest BCUT2D eigenvalue weighted by molar-refractivity contribution is 5.83. The van der Waals surface area contributed by atoms with E-state index >= 15 is 0 Å². The fourth-order valence-electron chi connectivity index (χ4n) is 2.14. The molecule has 1 N–H and O–H groups in total. The van der Waals surface area contributed by atoms with Crippen LogP contribution in [0.4, 0.5) is 0 Å². The number of nitrogens with one attached hydrogen (secondary N) is 1. The topological polar surface area (TPSA) is 23.9 Å². The second-order valence-electron chi connectivity index (χ2n) is 4.83. The van der Waals surface area contributed by atoms with E-state index in [0.717, 1.165) is 24.5 Å². The molecular formula is C14H29N. The molecule has 1 nitrogen and oxygen atoms in total. The van der Waals surface area contributed by atoms with E-state index < -0.39 is 0 Å². The molecule has 0 rings (SSSR count). The van der Waals surface area contributed by atoms with Crippen LogP contribution in [-0.2, 0) is 0 Å². The normalized spacial score (nSPS) is 14.9. The summed E-state index contributed by atoms with van der Waals surface area (Å²) in [7, 11) is 0. The zero-order valence-corrected chi connectivity index (χ0v) is 11.1. The molecule has 2 atom stereocenters. The van der Waals surface area contributed by atoms with Gasteiger partial charge in [-0.05, 0) is 24.7 Å². The first-order valence-corrected chi connectivity index (χ1v) is 6.72. The van der Waals surface area contributed by atoms with Gasteiger partial charge in [0.2, 0.25) is 0 Å². The molecule has 90 valence electrons. The van der Waals surface area contributed by atoms with Gasteiger partial charge >= 0.3 is 0 Å². The molecule has 0 aliphatic heterocycles. The largest absolute Gasteiger partial charge is 0.309 e. The van der Waals surface area contributed by atoms with Gasteiger partial charge in [0.15, 0.2) is 0 Å². The highest BCUT2D eigenvalue weighted by atomic mass is 14.4. The molecule has 0 aromatic rings. The SMILES string of the molecule is CCCCC(CC)CC(C)C(=N)CCC. The molecule has 0 aliphatic carbocycles. The molecule has 15 heavy (non-hydrogen) atoms. The standard InChI is InChI=1S/C14H29N/c1-5-8-10-13(7-3)11-12(4)14(15)9-6-2/h12-13,15H,5-11H2,1-4H3. The number of hydrogen-bond donors (Lipinski definition) is 1. The molecule has 0 aromatic heterocycles. The maximum absolute atomic E-state index is 7.94. The Bertz CT molecular complexity index is 163. The quantitative estimate of drug-likeness (QED) is 0.516.